The fourth-order valence-corrected chi connectivity index (χ4v) is 2.23. The van der Waals surface area contributed by atoms with Gasteiger partial charge in [-0.3, -0.25) is 4.79 Å². The lowest BCUT2D eigenvalue weighted by molar-refractivity contribution is -0.132. The maximum Gasteiger partial charge on any atom is 0.223 e. The summed E-state index contributed by atoms with van der Waals surface area (Å²) in [5, 5.41) is 2.74. The minimum absolute atomic E-state index is 0.0122. The lowest BCUT2D eigenvalue weighted by Gasteiger charge is -2.39. The van der Waals surface area contributed by atoms with E-state index in [0.29, 0.717) is 0 Å². The molecule has 0 saturated heterocycles. The number of nitrogens with one attached hydrogen (secondary N) is 1. The highest BCUT2D eigenvalue weighted by atomic mass is 16.1. The lowest BCUT2D eigenvalue weighted by Crippen LogP contribution is -2.43. The van der Waals surface area contributed by atoms with Gasteiger partial charge >= 0.3 is 0 Å². The molecule has 0 spiro atoms. The maximum absolute atomic E-state index is 11.7. The van der Waals surface area contributed by atoms with Gasteiger partial charge in [0.1, 0.15) is 0 Å². The van der Waals surface area contributed by atoms with E-state index in [-0.39, 0.29) is 22.7 Å². The summed E-state index contributed by atoms with van der Waals surface area (Å²) in [4.78, 5) is 11.7. The minimum Gasteiger partial charge on any atom is -0.359 e. The van der Waals surface area contributed by atoms with Crippen LogP contribution in [0, 0.1) is 16.7 Å². The Balaban J connectivity index is 4.89. The summed E-state index contributed by atoms with van der Waals surface area (Å²) < 4.78 is 0. The fraction of sp³-hybridized carbons (Fsp3) is 0.909. The van der Waals surface area contributed by atoms with Crippen LogP contribution in [0.3, 0.4) is 0 Å². The first-order valence-electron chi connectivity index (χ1n) is 4.82. The van der Waals surface area contributed by atoms with Gasteiger partial charge in [0.2, 0.25) is 5.91 Å². The molecule has 2 nitrogen and oxygen atoms in total. The molecule has 0 unspecified atom stereocenters. The van der Waals surface area contributed by atoms with E-state index in [1.807, 2.05) is 0 Å². The van der Waals surface area contributed by atoms with Crippen LogP contribution in [0.15, 0.2) is 0 Å². The zero-order valence-electron chi connectivity index (χ0n) is 9.99. The van der Waals surface area contributed by atoms with Crippen LogP contribution in [0.25, 0.3) is 0 Å². The predicted molar refractivity (Wildman–Crippen MR) is 56.5 cm³/mol. The van der Waals surface area contributed by atoms with Crippen molar-refractivity contribution in [2.45, 2.75) is 41.5 Å². The van der Waals surface area contributed by atoms with Crippen molar-refractivity contribution < 1.29 is 4.79 Å². The molecule has 0 heterocycles. The number of hydrogen-bond acceptors (Lipinski definition) is 1. The highest BCUT2D eigenvalue weighted by molar-refractivity contribution is 5.79. The summed E-state index contributed by atoms with van der Waals surface area (Å²) in [6.45, 7) is 12.7. The molecule has 0 aromatic carbocycles. The topological polar surface area (TPSA) is 29.1 Å². The fourth-order valence-electron chi connectivity index (χ4n) is 2.23. The molecule has 1 N–H and O–H groups in total. The number of carbonyl (C=O) groups excluding carboxylic acids is 1. The molecule has 0 aliphatic heterocycles. The van der Waals surface area contributed by atoms with Gasteiger partial charge in [0, 0.05) is 13.0 Å². The van der Waals surface area contributed by atoms with Gasteiger partial charge in [0.25, 0.3) is 0 Å². The second-order valence-corrected chi connectivity index (χ2v) is 5.78. The van der Waals surface area contributed by atoms with Crippen molar-refractivity contribution in [1.82, 2.24) is 5.32 Å². The summed E-state index contributed by atoms with van der Waals surface area (Å²) in [7, 11) is 1.70. The molecule has 0 saturated carbocycles. The SMILES string of the molecule is CNC(=O)C(C(C)(C)C)C(C)(C)C. The smallest absolute Gasteiger partial charge is 0.223 e. The summed E-state index contributed by atoms with van der Waals surface area (Å²) in [5.41, 5.74) is 0.0245. The molecule has 13 heavy (non-hydrogen) atoms. The Morgan fingerprint density at radius 3 is 1.38 bits per heavy atom. The molecule has 78 valence electrons. The number of hydrogen-bond donors (Lipinski definition) is 1. The van der Waals surface area contributed by atoms with Crippen LogP contribution in [-0.4, -0.2) is 13.0 Å². The molecule has 0 aromatic heterocycles. The molecule has 0 rings (SSSR count). The van der Waals surface area contributed by atoms with Gasteiger partial charge in [-0.2, -0.15) is 0 Å². The summed E-state index contributed by atoms with van der Waals surface area (Å²) in [6.07, 6.45) is 0. The molecule has 0 aliphatic rings. The van der Waals surface area contributed by atoms with Crippen molar-refractivity contribution in [3.63, 3.8) is 0 Å². The molecule has 1 amide bonds. The largest absolute Gasteiger partial charge is 0.359 e. The van der Waals surface area contributed by atoms with Crippen LogP contribution in [-0.2, 0) is 4.79 Å². The third kappa shape index (κ3) is 3.37. The maximum atomic E-state index is 11.7. The standard InChI is InChI=1S/C11H23NO/c1-10(2,3)8(9(13)12-7)11(4,5)6/h8H,1-7H3,(H,12,13). The Morgan fingerprint density at radius 1 is 1.00 bits per heavy atom. The Kier molecular flexibility index (Phi) is 3.54. The molecule has 0 aliphatic carbocycles. The quantitative estimate of drug-likeness (QED) is 0.668. The first-order chi connectivity index (χ1) is 5.60. The Morgan fingerprint density at radius 2 is 1.31 bits per heavy atom. The molecule has 0 atom stereocenters. The molecule has 0 bridgehead atoms. The van der Waals surface area contributed by atoms with Crippen LogP contribution in [0.2, 0.25) is 0 Å². The monoisotopic (exact) mass is 185 g/mol. The van der Waals surface area contributed by atoms with Crippen molar-refractivity contribution in [3.05, 3.63) is 0 Å². The van der Waals surface area contributed by atoms with E-state index in [4.69, 9.17) is 0 Å². The summed E-state index contributed by atoms with van der Waals surface area (Å²) in [6, 6.07) is 0. The lowest BCUT2D eigenvalue weighted by atomic mass is 9.66. The number of amides is 1. The minimum atomic E-state index is 0.0122. The Labute approximate surface area is 82.1 Å². The molecular formula is C11H23NO. The third-order valence-electron chi connectivity index (χ3n) is 2.24. The summed E-state index contributed by atoms with van der Waals surface area (Å²) >= 11 is 0. The zero-order chi connectivity index (χ0) is 10.9. The van der Waals surface area contributed by atoms with Gasteiger partial charge in [-0.15, -0.1) is 0 Å². The molecular weight excluding hydrogens is 162 g/mol. The second-order valence-electron chi connectivity index (χ2n) is 5.78. The van der Waals surface area contributed by atoms with E-state index >= 15 is 0 Å². The van der Waals surface area contributed by atoms with Crippen LogP contribution < -0.4 is 5.32 Å². The van der Waals surface area contributed by atoms with Crippen molar-refractivity contribution in [2.75, 3.05) is 7.05 Å². The van der Waals surface area contributed by atoms with E-state index in [1.165, 1.54) is 0 Å². The molecule has 2 heteroatoms. The first kappa shape index (κ1) is 12.5. The van der Waals surface area contributed by atoms with Crippen molar-refractivity contribution in [2.24, 2.45) is 16.7 Å². The van der Waals surface area contributed by atoms with E-state index in [9.17, 15) is 4.79 Å². The van der Waals surface area contributed by atoms with Crippen molar-refractivity contribution in [3.8, 4) is 0 Å². The van der Waals surface area contributed by atoms with E-state index in [1.54, 1.807) is 7.05 Å². The van der Waals surface area contributed by atoms with Crippen LogP contribution in [0.5, 0.6) is 0 Å². The zero-order valence-corrected chi connectivity index (χ0v) is 9.99. The Hall–Kier alpha value is -0.530. The van der Waals surface area contributed by atoms with Gasteiger partial charge in [0.15, 0.2) is 0 Å². The van der Waals surface area contributed by atoms with E-state index in [2.05, 4.69) is 46.9 Å². The first-order valence-corrected chi connectivity index (χ1v) is 4.82. The van der Waals surface area contributed by atoms with Gasteiger partial charge in [-0.05, 0) is 10.8 Å². The van der Waals surface area contributed by atoms with Crippen LogP contribution >= 0.6 is 0 Å². The molecule has 0 aromatic rings. The highest BCUT2D eigenvalue weighted by Gasteiger charge is 2.39. The highest BCUT2D eigenvalue weighted by Crippen LogP contribution is 2.39. The normalized spacial score (nSPS) is 13.2. The van der Waals surface area contributed by atoms with Gasteiger partial charge < -0.3 is 5.32 Å². The average Bonchev–Trinajstić information content (AvgIpc) is 1.80. The van der Waals surface area contributed by atoms with Gasteiger partial charge in [0.05, 0.1) is 0 Å². The van der Waals surface area contributed by atoms with E-state index < -0.39 is 0 Å². The number of carbonyl (C=O) groups is 1. The molecule has 0 radical (unpaired) electrons. The van der Waals surface area contributed by atoms with E-state index in [0.717, 1.165) is 0 Å². The summed E-state index contributed by atoms with van der Waals surface area (Å²) in [5.74, 6) is 0.185. The Bertz CT molecular complexity index is 169. The van der Waals surface area contributed by atoms with Crippen LogP contribution in [0.4, 0.5) is 0 Å². The second kappa shape index (κ2) is 3.69. The van der Waals surface area contributed by atoms with Crippen molar-refractivity contribution >= 4 is 5.91 Å². The van der Waals surface area contributed by atoms with Crippen LogP contribution in [0.1, 0.15) is 41.5 Å². The molecule has 0 fully saturated rings. The number of rotatable bonds is 1. The van der Waals surface area contributed by atoms with Gasteiger partial charge in [-0.1, -0.05) is 41.5 Å². The average molecular weight is 185 g/mol. The van der Waals surface area contributed by atoms with Gasteiger partial charge in [-0.25, -0.2) is 0 Å². The van der Waals surface area contributed by atoms with Crippen molar-refractivity contribution in [1.29, 1.82) is 0 Å². The predicted octanol–water partition coefficient (Wildman–Crippen LogP) is 2.44. The third-order valence-corrected chi connectivity index (χ3v) is 2.24.